The molecule has 4 rings (SSSR count). The number of carbonyl (C=O) groups is 2. The summed E-state index contributed by atoms with van der Waals surface area (Å²) in [6.07, 6.45) is -9.47. The van der Waals surface area contributed by atoms with Gasteiger partial charge >= 0.3 is 12.4 Å². The van der Waals surface area contributed by atoms with E-state index in [1.807, 2.05) is 26.0 Å². The number of fused-ring (bicyclic) bond motifs is 1. The second kappa shape index (κ2) is 10.4. The first-order valence-electron chi connectivity index (χ1n) is 12.1. The molecule has 1 N–H and O–H groups in total. The summed E-state index contributed by atoms with van der Waals surface area (Å²) >= 11 is 0. The van der Waals surface area contributed by atoms with Crippen molar-refractivity contribution in [3.8, 4) is 5.75 Å². The van der Waals surface area contributed by atoms with E-state index in [4.69, 9.17) is 9.73 Å². The maximum atomic E-state index is 13.5. The van der Waals surface area contributed by atoms with Gasteiger partial charge in [0.2, 0.25) is 0 Å². The minimum atomic E-state index is -5.07. The van der Waals surface area contributed by atoms with E-state index in [1.54, 1.807) is 6.07 Å². The summed E-state index contributed by atoms with van der Waals surface area (Å²) in [5, 5.41) is 2.19. The topological polar surface area (TPSA) is 67.8 Å². The number of hydrogen-bond acceptors (Lipinski definition) is 4. The number of methoxy groups -OCH3 is 1. The van der Waals surface area contributed by atoms with E-state index >= 15 is 0 Å². The quantitative estimate of drug-likeness (QED) is 0.252. The molecular weight excluding hydrogens is 538 g/mol. The summed E-state index contributed by atoms with van der Waals surface area (Å²) in [6.45, 7) is 3.87. The molecule has 0 bridgehead atoms. The highest BCUT2D eigenvalue weighted by Gasteiger charge is 2.38. The fourth-order valence-corrected chi connectivity index (χ4v) is 4.55. The molecule has 0 aliphatic carbocycles. The summed E-state index contributed by atoms with van der Waals surface area (Å²) in [6, 6.07) is 11.6. The van der Waals surface area contributed by atoms with Gasteiger partial charge in [-0.2, -0.15) is 26.3 Å². The number of anilines is 1. The van der Waals surface area contributed by atoms with Crippen LogP contribution in [0.3, 0.4) is 0 Å². The Hall–Kier alpha value is -4.15. The van der Waals surface area contributed by atoms with Gasteiger partial charge in [-0.25, -0.2) is 0 Å². The van der Waals surface area contributed by atoms with Gasteiger partial charge in [0.25, 0.3) is 5.91 Å². The number of ether oxygens (including phenoxy) is 1. The van der Waals surface area contributed by atoms with Crippen LogP contribution in [-0.2, 0) is 18.8 Å². The molecule has 1 heterocycles. The largest absolute Gasteiger partial charge is 0.497 e. The number of hydrogen-bond donors (Lipinski definition) is 1. The van der Waals surface area contributed by atoms with Crippen LogP contribution < -0.4 is 10.1 Å². The lowest BCUT2D eigenvalue weighted by atomic mass is 9.85. The zero-order chi connectivity index (χ0) is 29.5. The van der Waals surface area contributed by atoms with E-state index in [2.05, 4.69) is 5.32 Å². The highest BCUT2D eigenvalue weighted by molar-refractivity contribution is 6.17. The molecule has 40 heavy (non-hydrogen) atoms. The second-order valence-corrected chi connectivity index (χ2v) is 9.96. The van der Waals surface area contributed by atoms with Gasteiger partial charge in [-0.3, -0.25) is 14.6 Å². The Balaban J connectivity index is 1.61. The molecule has 5 nitrogen and oxygen atoms in total. The Morgan fingerprint density at radius 2 is 1.68 bits per heavy atom. The van der Waals surface area contributed by atoms with Crippen molar-refractivity contribution in [2.45, 2.75) is 44.6 Å². The van der Waals surface area contributed by atoms with Gasteiger partial charge in [0.1, 0.15) is 5.75 Å². The molecule has 0 spiro atoms. The maximum Gasteiger partial charge on any atom is 0.417 e. The Morgan fingerprint density at radius 3 is 2.33 bits per heavy atom. The lowest BCUT2D eigenvalue weighted by Crippen LogP contribution is -2.30. The predicted octanol–water partition coefficient (Wildman–Crippen LogP) is 7.38. The smallest absolute Gasteiger partial charge is 0.417 e. The lowest BCUT2D eigenvalue weighted by molar-refractivity contribution is -0.141. The Kier molecular flexibility index (Phi) is 7.53. The summed E-state index contributed by atoms with van der Waals surface area (Å²) < 4.78 is 85.1. The van der Waals surface area contributed by atoms with Crippen LogP contribution >= 0.6 is 0 Å². The van der Waals surface area contributed by atoms with Crippen molar-refractivity contribution in [2.75, 3.05) is 12.4 Å². The standard InChI is InChI=1S/C29H24F6N2O3/c1-27(2)15-17-7-9-20(40-3)13-21(17)24(37-27)14-25(38)16-5-4-6-19(11-16)36-26(39)22-12-18(28(30,31)32)8-10-23(22)29(33,34)35/h4-13H,14-15H2,1-3H3,(H,36,39). The average molecular weight is 563 g/mol. The van der Waals surface area contributed by atoms with Crippen molar-refractivity contribution in [1.82, 2.24) is 0 Å². The minimum absolute atomic E-state index is 0.0608. The van der Waals surface area contributed by atoms with E-state index in [1.165, 1.54) is 31.4 Å². The van der Waals surface area contributed by atoms with Gasteiger partial charge in [-0.15, -0.1) is 0 Å². The van der Waals surface area contributed by atoms with Crippen molar-refractivity contribution in [2.24, 2.45) is 4.99 Å². The minimum Gasteiger partial charge on any atom is -0.497 e. The number of aliphatic imine (C=N–C) groups is 1. The normalized spacial score (nSPS) is 14.7. The molecule has 0 atom stereocenters. The molecule has 210 valence electrons. The fraction of sp³-hybridized carbons (Fsp3) is 0.276. The molecule has 0 saturated carbocycles. The number of nitrogens with one attached hydrogen (secondary N) is 1. The molecule has 0 unspecified atom stereocenters. The van der Waals surface area contributed by atoms with Gasteiger partial charge in [0.05, 0.1) is 41.5 Å². The third-order valence-electron chi connectivity index (χ3n) is 6.36. The van der Waals surface area contributed by atoms with Crippen LogP contribution in [0.15, 0.2) is 65.7 Å². The van der Waals surface area contributed by atoms with Crippen LogP contribution in [0.5, 0.6) is 5.75 Å². The molecule has 1 aliphatic rings. The highest BCUT2D eigenvalue weighted by Crippen LogP contribution is 2.37. The number of rotatable bonds is 6. The second-order valence-electron chi connectivity index (χ2n) is 9.96. The zero-order valence-corrected chi connectivity index (χ0v) is 21.6. The molecule has 0 aromatic heterocycles. The van der Waals surface area contributed by atoms with Crippen LogP contribution in [0, 0.1) is 0 Å². The molecule has 0 saturated heterocycles. The molecule has 11 heteroatoms. The van der Waals surface area contributed by atoms with Gasteiger partial charge in [-0.1, -0.05) is 18.2 Å². The summed E-state index contributed by atoms with van der Waals surface area (Å²) in [4.78, 5) is 30.7. The first-order valence-corrected chi connectivity index (χ1v) is 12.1. The number of ketones is 1. The number of nitrogens with zero attached hydrogens (tertiary/aromatic N) is 1. The SMILES string of the molecule is COc1ccc2c(c1)C(CC(=O)c1cccc(NC(=O)c3cc(C(F)(F)F)ccc3C(F)(F)F)c1)=NC(C)(C)C2. The number of amides is 1. The summed E-state index contributed by atoms with van der Waals surface area (Å²) in [7, 11) is 1.52. The first kappa shape index (κ1) is 28.8. The van der Waals surface area contributed by atoms with Crippen LogP contribution in [-0.4, -0.2) is 30.1 Å². The van der Waals surface area contributed by atoms with E-state index in [-0.39, 0.29) is 41.7 Å². The number of benzene rings is 3. The molecule has 0 radical (unpaired) electrons. The molecule has 3 aromatic carbocycles. The molecular formula is C29H24F6N2O3. The molecule has 1 amide bonds. The molecule has 1 aliphatic heterocycles. The van der Waals surface area contributed by atoms with Gasteiger partial charge < -0.3 is 10.1 Å². The zero-order valence-electron chi connectivity index (χ0n) is 21.6. The van der Waals surface area contributed by atoms with Crippen molar-refractivity contribution in [3.05, 3.63) is 94.0 Å². The summed E-state index contributed by atoms with van der Waals surface area (Å²) in [5.41, 5.74) is -2.21. The van der Waals surface area contributed by atoms with Crippen LogP contribution in [0.1, 0.15) is 63.2 Å². The maximum absolute atomic E-state index is 13.5. The van der Waals surface area contributed by atoms with Crippen LogP contribution in [0.2, 0.25) is 0 Å². The molecule has 0 fully saturated rings. The highest BCUT2D eigenvalue weighted by atomic mass is 19.4. The van der Waals surface area contributed by atoms with Crippen molar-refractivity contribution >= 4 is 23.1 Å². The third kappa shape index (κ3) is 6.35. The fourth-order valence-electron chi connectivity index (χ4n) is 4.55. The number of alkyl halides is 6. The Morgan fingerprint density at radius 1 is 0.950 bits per heavy atom. The first-order chi connectivity index (χ1) is 18.6. The number of carbonyl (C=O) groups excluding carboxylic acids is 2. The predicted molar refractivity (Wildman–Crippen MR) is 137 cm³/mol. The van der Waals surface area contributed by atoms with E-state index in [9.17, 15) is 35.9 Å². The lowest BCUT2D eigenvalue weighted by Gasteiger charge is -2.29. The van der Waals surface area contributed by atoms with Gasteiger partial charge in [0, 0.05) is 16.8 Å². The third-order valence-corrected chi connectivity index (χ3v) is 6.36. The summed E-state index contributed by atoms with van der Waals surface area (Å²) in [5.74, 6) is -1.19. The number of halogens is 6. The molecule has 3 aromatic rings. The van der Waals surface area contributed by atoms with E-state index in [0.717, 1.165) is 11.1 Å². The average Bonchev–Trinajstić information content (AvgIpc) is 2.86. The Bertz CT molecular complexity index is 1510. The van der Waals surface area contributed by atoms with Crippen LogP contribution in [0.25, 0.3) is 0 Å². The van der Waals surface area contributed by atoms with Crippen LogP contribution in [0.4, 0.5) is 32.0 Å². The van der Waals surface area contributed by atoms with E-state index < -0.39 is 40.5 Å². The van der Waals surface area contributed by atoms with Crippen molar-refractivity contribution in [1.29, 1.82) is 0 Å². The van der Waals surface area contributed by atoms with Crippen molar-refractivity contribution in [3.63, 3.8) is 0 Å². The Labute approximate surface area is 225 Å². The monoisotopic (exact) mass is 562 g/mol. The van der Waals surface area contributed by atoms with Gasteiger partial charge in [-0.05, 0) is 68.3 Å². The van der Waals surface area contributed by atoms with Crippen molar-refractivity contribution < 1.29 is 40.7 Å². The van der Waals surface area contributed by atoms with Gasteiger partial charge in [0.15, 0.2) is 5.78 Å². The number of Topliss-reactive ketones (excluding diaryl/α,β-unsaturated/α-hetero) is 1. The van der Waals surface area contributed by atoms with E-state index in [0.29, 0.717) is 17.9 Å².